The monoisotopic (exact) mass is 326 g/mol. The molecule has 0 aliphatic carbocycles. The first kappa shape index (κ1) is 16.5. The van der Waals surface area contributed by atoms with Crippen molar-refractivity contribution in [2.75, 3.05) is 13.7 Å². The minimum atomic E-state index is -0.805. The van der Waals surface area contributed by atoms with E-state index in [1.807, 2.05) is 24.3 Å². The van der Waals surface area contributed by atoms with Crippen LogP contribution in [0.4, 0.5) is 0 Å². The molecule has 0 unspecified atom stereocenters. The lowest BCUT2D eigenvalue weighted by Gasteiger charge is -2.26. The van der Waals surface area contributed by atoms with Crippen LogP contribution in [0.25, 0.3) is 0 Å². The summed E-state index contributed by atoms with van der Waals surface area (Å²) in [5, 5.41) is 16.4. The van der Waals surface area contributed by atoms with Gasteiger partial charge in [0, 0.05) is 18.7 Å². The predicted octanol–water partition coefficient (Wildman–Crippen LogP) is 1.56. The zero-order valence-electron chi connectivity index (χ0n) is 13.7. The van der Waals surface area contributed by atoms with Crippen LogP contribution in [-0.2, 0) is 17.8 Å². The molecule has 2 aromatic rings. The molecule has 5 nitrogen and oxygen atoms in total. The molecule has 3 rings (SSSR count). The summed E-state index contributed by atoms with van der Waals surface area (Å²) in [6.07, 6.45) is -0.145. The predicted molar refractivity (Wildman–Crippen MR) is 91.7 cm³/mol. The Morgan fingerprint density at radius 3 is 2.75 bits per heavy atom. The summed E-state index contributed by atoms with van der Waals surface area (Å²) in [7, 11) is 1.56. The highest BCUT2D eigenvalue weighted by atomic mass is 16.5. The van der Waals surface area contributed by atoms with E-state index in [-0.39, 0.29) is 18.5 Å². The maximum atomic E-state index is 12.4. The highest BCUT2D eigenvalue weighted by Gasteiger charge is 2.24. The molecule has 0 bridgehead atoms. The minimum absolute atomic E-state index is 0.0987. The third kappa shape index (κ3) is 3.58. The molecule has 24 heavy (non-hydrogen) atoms. The average molecular weight is 326 g/mol. The van der Waals surface area contributed by atoms with Crippen molar-refractivity contribution in [3.05, 3.63) is 65.2 Å². The lowest BCUT2D eigenvalue weighted by molar-refractivity contribution is -0.123. The Morgan fingerprint density at radius 1 is 1.25 bits per heavy atom. The number of rotatable bonds is 5. The fraction of sp³-hybridized carbons (Fsp3) is 0.316. The molecule has 1 aliphatic rings. The fourth-order valence-electron chi connectivity index (χ4n) is 3.01. The van der Waals surface area contributed by atoms with Gasteiger partial charge in [-0.1, -0.05) is 42.5 Å². The molecule has 1 heterocycles. The zero-order valence-corrected chi connectivity index (χ0v) is 13.7. The third-order valence-corrected chi connectivity index (χ3v) is 4.37. The summed E-state index contributed by atoms with van der Waals surface area (Å²) >= 11 is 0. The van der Waals surface area contributed by atoms with Gasteiger partial charge >= 0.3 is 0 Å². The van der Waals surface area contributed by atoms with Crippen molar-refractivity contribution in [3.63, 3.8) is 0 Å². The number of amides is 1. The number of hydrogen-bond donors (Lipinski definition) is 3. The Bertz CT molecular complexity index is 717. The maximum absolute atomic E-state index is 12.4. The number of carbonyl (C=O) groups is 1. The molecule has 3 N–H and O–H groups in total. The van der Waals surface area contributed by atoms with Gasteiger partial charge in [-0.05, 0) is 23.6 Å². The molecule has 5 heteroatoms. The van der Waals surface area contributed by atoms with Crippen LogP contribution >= 0.6 is 0 Å². The first-order valence-electron chi connectivity index (χ1n) is 8.08. The van der Waals surface area contributed by atoms with Crippen molar-refractivity contribution in [1.29, 1.82) is 0 Å². The second-order valence-electron chi connectivity index (χ2n) is 5.91. The molecule has 0 saturated heterocycles. The van der Waals surface area contributed by atoms with Gasteiger partial charge in [-0.25, -0.2) is 0 Å². The Balaban J connectivity index is 1.58. The summed E-state index contributed by atoms with van der Waals surface area (Å²) < 4.78 is 5.24. The molecule has 0 radical (unpaired) electrons. The normalized spacial score (nSPS) is 17.7. The van der Waals surface area contributed by atoms with E-state index < -0.39 is 6.10 Å². The van der Waals surface area contributed by atoms with Gasteiger partial charge < -0.3 is 20.5 Å². The Labute approximate surface area is 141 Å². The summed E-state index contributed by atoms with van der Waals surface area (Å²) in [6, 6.07) is 15.1. The van der Waals surface area contributed by atoms with Crippen LogP contribution in [0.3, 0.4) is 0 Å². The SMILES string of the molecule is COc1ccccc1[C@H](O)CNC(=O)[C@@H]1Cc2ccccc2CN1. The van der Waals surface area contributed by atoms with Crippen molar-refractivity contribution in [2.45, 2.75) is 25.1 Å². The maximum Gasteiger partial charge on any atom is 0.237 e. The number of hydrogen-bond acceptors (Lipinski definition) is 4. The molecule has 0 spiro atoms. The molecule has 1 amide bonds. The van der Waals surface area contributed by atoms with Crippen LogP contribution in [0.15, 0.2) is 48.5 Å². The van der Waals surface area contributed by atoms with Gasteiger partial charge in [-0.2, -0.15) is 0 Å². The minimum Gasteiger partial charge on any atom is -0.496 e. The van der Waals surface area contributed by atoms with Gasteiger partial charge in [0.2, 0.25) is 5.91 Å². The van der Waals surface area contributed by atoms with E-state index in [1.165, 1.54) is 11.1 Å². The van der Waals surface area contributed by atoms with Crippen LogP contribution < -0.4 is 15.4 Å². The van der Waals surface area contributed by atoms with Crippen LogP contribution in [0, 0.1) is 0 Å². The zero-order chi connectivity index (χ0) is 16.9. The van der Waals surface area contributed by atoms with Crippen molar-refractivity contribution in [2.24, 2.45) is 0 Å². The van der Waals surface area contributed by atoms with Crippen LogP contribution in [0.1, 0.15) is 22.8 Å². The topological polar surface area (TPSA) is 70.6 Å². The lowest BCUT2D eigenvalue weighted by atomic mass is 9.95. The van der Waals surface area contributed by atoms with E-state index in [0.717, 1.165) is 0 Å². The largest absolute Gasteiger partial charge is 0.496 e. The molecular weight excluding hydrogens is 304 g/mol. The number of para-hydroxylation sites is 1. The van der Waals surface area contributed by atoms with Gasteiger partial charge in [0.05, 0.1) is 19.3 Å². The number of methoxy groups -OCH3 is 1. The third-order valence-electron chi connectivity index (χ3n) is 4.37. The second-order valence-corrected chi connectivity index (χ2v) is 5.91. The quantitative estimate of drug-likeness (QED) is 0.780. The molecule has 2 aromatic carbocycles. The van der Waals surface area contributed by atoms with Crippen LogP contribution in [0.5, 0.6) is 5.75 Å². The van der Waals surface area contributed by atoms with Gasteiger partial charge in [0.25, 0.3) is 0 Å². The van der Waals surface area contributed by atoms with E-state index in [2.05, 4.69) is 22.8 Å². The van der Waals surface area contributed by atoms with E-state index in [0.29, 0.717) is 24.3 Å². The smallest absolute Gasteiger partial charge is 0.237 e. The van der Waals surface area contributed by atoms with Crippen molar-refractivity contribution in [1.82, 2.24) is 10.6 Å². The summed E-state index contributed by atoms with van der Waals surface area (Å²) in [5.74, 6) is 0.516. The van der Waals surface area contributed by atoms with Crippen molar-refractivity contribution < 1.29 is 14.6 Å². The molecule has 2 atom stereocenters. The Kier molecular flexibility index (Phi) is 5.13. The Morgan fingerprint density at radius 2 is 1.96 bits per heavy atom. The average Bonchev–Trinajstić information content (AvgIpc) is 2.65. The van der Waals surface area contributed by atoms with E-state index in [9.17, 15) is 9.90 Å². The highest BCUT2D eigenvalue weighted by molar-refractivity contribution is 5.82. The number of benzene rings is 2. The summed E-state index contributed by atoms with van der Waals surface area (Å²) in [5.41, 5.74) is 3.10. The van der Waals surface area contributed by atoms with Gasteiger partial charge in [0.1, 0.15) is 5.75 Å². The van der Waals surface area contributed by atoms with Crippen LogP contribution in [-0.4, -0.2) is 30.7 Å². The fourth-order valence-corrected chi connectivity index (χ4v) is 3.01. The first-order valence-corrected chi connectivity index (χ1v) is 8.08. The van der Waals surface area contributed by atoms with Crippen molar-refractivity contribution in [3.8, 4) is 5.75 Å². The number of carbonyl (C=O) groups excluding carboxylic acids is 1. The molecule has 0 fully saturated rings. The van der Waals surface area contributed by atoms with Gasteiger partial charge in [-0.15, -0.1) is 0 Å². The second kappa shape index (κ2) is 7.47. The number of aliphatic hydroxyl groups excluding tert-OH is 1. The summed E-state index contributed by atoms with van der Waals surface area (Å²) in [4.78, 5) is 12.4. The van der Waals surface area contributed by atoms with E-state index in [4.69, 9.17) is 4.74 Å². The summed E-state index contributed by atoms with van der Waals surface area (Å²) in [6.45, 7) is 0.836. The molecule has 126 valence electrons. The van der Waals surface area contributed by atoms with Crippen molar-refractivity contribution >= 4 is 5.91 Å². The number of ether oxygens (including phenoxy) is 1. The molecule has 0 aromatic heterocycles. The first-order chi connectivity index (χ1) is 11.7. The highest BCUT2D eigenvalue weighted by Crippen LogP contribution is 2.24. The molecule has 0 saturated carbocycles. The number of nitrogens with one attached hydrogen (secondary N) is 2. The number of aliphatic hydroxyl groups is 1. The molecule has 1 aliphatic heterocycles. The van der Waals surface area contributed by atoms with Gasteiger partial charge in [0.15, 0.2) is 0 Å². The standard InChI is InChI=1S/C19H22N2O3/c1-24-18-9-5-4-8-15(18)17(22)12-21-19(23)16-10-13-6-2-3-7-14(13)11-20-16/h2-9,16-17,20,22H,10-12H2,1H3,(H,21,23)/t16-,17+/m0/s1. The van der Waals surface area contributed by atoms with E-state index in [1.54, 1.807) is 19.2 Å². The van der Waals surface area contributed by atoms with E-state index >= 15 is 0 Å². The molecular formula is C19H22N2O3. The Hall–Kier alpha value is -2.37. The van der Waals surface area contributed by atoms with Gasteiger partial charge in [-0.3, -0.25) is 4.79 Å². The number of fused-ring (bicyclic) bond motifs is 1. The van der Waals surface area contributed by atoms with Crippen LogP contribution in [0.2, 0.25) is 0 Å². The lowest BCUT2D eigenvalue weighted by Crippen LogP contribution is -2.48.